The van der Waals surface area contributed by atoms with E-state index < -0.39 is 5.41 Å². The van der Waals surface area contributed by atoms with Crippen LogP contribution in [0.5, 0.6) is 0 Å². The first-order chi connectivity index (χ1) is 12.4. The van der Waals surface area contributed by atoms with Crippen LogP contribution in [0, 0.1) is 5.41 Å². The van der Waals surface area contributed by atoms with E-state index in [1.807, 2.05) is 26.8 Å². The number of carbonyl (C=O) groups excluding carboxylic acids is 1. The highest BCUT2D eigenvalue weighted by Crippen LogP contribution is 2.14. The molecule has 0 spiro atoms. The van der Waals surface area contributed by atoms with Gasteiger partial charge in [-0.05, 0) is 46.2 Å². The molecule has 0 heterocycles. The first-order valence-corrected chi connectivity index (χ1v) is 9.47. The van der Waals surface area contributed by atoms with Crippen LogP contribution in [0.25, 0.3) is 0 Å². The molecule has 0 fully saturated rings. The van der Waals surface area contributed by atoms with Crippen LogP contribution in [0.1, 0.15) is 34.1 Å². The highest BCUT2D eigenvalue weighted by Gasteiger charge is 2.27. The second-order valence-electron chi connectivity index (χ2n) is 6.86. The molecule has 0 saturated carbocycles. The van der Waals surface area contributed by atoms with E-state index >= 15 is 0 Å². The molecule has 0 bridgehead atoms. The van der Waals surface area contributed by atoms with Crippen molar-refractivity contribution >= 4 is 41.5 Å². The van der Waals surface area contributed by atoms with Crippen LogP contribution in [-0.2, 0) is 4.79 Å². The fraction of sp³-hybridized carbons (Fsp3) is 0.600. The fourth-order valence-electron chi connectivity index (χ4n) is 2.59. The predicted octanol–water partition coefficient (Wildman–Crippen LogP) is 2.85. The van der Waals surface area contributed by atoms with Crippen molar-refractivity contribution in [2.75, 3.05) is 44.7 Å². The molecule has 154 valence electrons. The van der Waals surface area contributed by atoms with E-state index in [2.05, 4.69) is 57.0 Å². The number of para-hydroxylation sites is 1. The Morgan fingerprint density at radius 1 is 1.11 bits per heavy atom. The molecule has 27 heavy (non-hydrogen) atoms. The minimum Gasteiger partial charge on any atom is -0.372 e. The summed E-state index contributed by atoms with van der Waals surface area (Å²) in [7, 11) is 1.75. The monoisotopic (exact) mass is 489 g/mol. The maximum Gasteiger partial charge on any atom is 0.227 e. The van der Waals surface area contributed by atoms with Crippen molar-refractivity contribution in [1.29, 1.82) is 0 Å². The molecule has 1 aromatic rings. The van der Waals surface area contributed by atoms with Crippen molar-refractivity contribution in [3.05, 3.63) is 30.3 Å². The molecule has 7 heteroatoms. The first kappa shape index (κ1) is 25.5. The average molecular weight is 489 g/mol. The van der Waals surface area contributed by atoms with Gasteiger partial charge in [0, 0.05) is 45.5 Å². The smallest absolute Gasteiger partial charge is 0.227 e. The number of nitrogens with zero attached hydrogens (tertiary/aromatic N) is 2. The van der Waals surface area contributed by atoms with Crippen LogP contribution < -0.4 is 20.9 Å². The van der Waals surface area contributed by atoms with Gasteiger partial charge in [0.05, 0.1) is 5.41 Å². The second-order valence-corrected chi connectivity index (χ2v) is 6.86. The standard InChI is InChI=1S/C20H35N5O.HI/c1-6-22-18(26)20(3,4)16-24-19(21-5)23-14-11-15-25(7-2)17-12-9-8-10-13-17;/h8-10,12-13H,6-7,11,14-16H2,1-5H3,(H,22,26)(H2,21,23,24);1H. The quantitative estimate of drug-likeness (QED) is 0.205. The average Bonchev–Trinajstić information content (AvgIpc) is 2.65. The number of carbonyl (C=O) groups is 1. The lowest BCUT2D eigenvalue weighted by atomic mass is 9.92. The molecular weight excluding hydrogens is 453 g/mol. The van der Waals surface area contributed by atoms with Gasteiger partial charge in [0.1, 0.15) is 0 Å². The van der Waals surface area contributed by atoms with Gasteiger partial charge in [0.25, 0.3) is 0 Å². The maximum atomic E-state index is 12.1. The van der Waals surface area contributed by atoms with Crippen LogP contribution >= 0.6 is 24.0 Å². The van der Waals surface area contributed by atoms with Gasteiger partial charge in [-0.1, -0.05) is 18.2 Å². The van der Waals surface area contributed by atoms with Crippen molar-refractivity contribution in [1.82, 2.24) is 16.0 Å². The number of amides is 1. The van der Waals surface area contributed by atoms with E-state index in [0.29, 0.717) is 13.1 Å². The van der Waals surface area contributed by atoms with Crippen molar-refractivity contribution in [3.63, 3.8) is 0 Å². The normalized spacial score (nSPS) is 11.4. The Morgan fingerprint density at radius 2 is 1.78 bits per heavy atom. The number of hydrogen-bond acceptors (Lipinski definition) is 3. The SMILES string of the molecule is CCNC(=O)C(C)(C)CNC(=NC)NCCCN(CC)c1ccccc1.I. The number of rotatable bonds is 10. The van der Waals surface area contributed by atoms with Gasteiger partial charge < -0.3 is 20.9 Å². The van der Waals surface area contributed by atoms with Gasteiger partial charge >= 0.3 is 0 Å². The van der Waals surface area contributed by atoms with E-state index in [0.717, 1.165) is 32.0 Å². The van der Waals surface area contributed by atoms with Gasteiger partial charge in [-0.25, -0.2) is 0 Å². The zero-order valence-corrected chi connectivity index (χ0v) is 19.7. The van der Waals surface area contributed by atoms with Gasteiger partial charge in [0.15, 0.2) is 5.96 Å². The van der Waals surface area contributed by atoms with E-state index in [-0.39, 0.29) is 29.9 Å². The minimum absolute atomic E-state index is 0. The summed E-state index contributed by atoms with van der Waals surface area (Å²) < 4.78 is 0. The number of aliphatic imine (C=N–C) groups is 1. The molecule has 0 saturated heterocycles. The van der Waals surface area contributed by atoms with Gasteiger partial charge in [-0.2, -0.15) is 0 Å². The van der Waals surface area contributed by atoms with E-state index in [9.17, 15) is 4.79 Å². The third-order valence-electron chi connectivity index (χ3n) is 4.27. The molecule has 1 aromatic carbocycles. The highest BCUT2D eigenvalue weighted by molar-refractivity contribution is 14.0. The molecule has 3 N–H and O–H groups in total. The predicted molar refractivity (Wildman–Crippen MR) is 126 cm³/mol. The molecule has 0 aliphatic carbocycles. The maximum absolute atomic E-state index is 12.1. The summed E-state index contributed by atoms with van der Waals surface area (Å²) in [6.45, 7) is 11.9. The number of hydrogen-bond donors (Lipinski definition) is 3. The Kier molecular flexibility index (Phi) is 12.9. The molecule has 0 atom stereocenters. The minimum atomic E-state index is -0.486. The molecule has 0 aliphatic heterocycles. The van der Waals surface area contributed by atoms with Crippen LogP contribution in [0.2, 0.25) is 0 Å². The zero-order chi connectivity index (χ0) is 19.4. The van der Waals surface area contributed by atoms with Crippen molar-refractivity contribution < 1.29 is 4.79 Å². The summed E-state index contributed by atoms with van der Waals surface area (Å²) in [6.07, 6.45) is 1.00. The molecule has 0 unspecified atom stereocenters. The molecule has 0 radical (unpaired) electrons. The van der Waals surface area contributed by atoms with Crippen LogP contribution in [0.3, 0.4) is 0 Å². The zero-order valence-electron chi connectivity index (χ0n) is 17.3. The lowest BCUT2D eigenvalue weighted by molar-refractivity contribution is -0.128. The molecule has 6 nitrogen and oxygen atoms in total. The van der Waals surface area contributed by atoms with E-state index in [4.69, 9.17) is 0 Å². The van der Waals surface area contributed by atoms with E-state index in [1.54, 1.807) is 7.05 Å². The third kappa shape index (κ3) is 9.30. The van der Waals surface area contributed by atoms with Crippen molar-refractivity contribution in [3.8, 4) is 0 Å². The Labute approximate surface area is 181 Å². The molecule has 1 amide bonds. The van der Waals surface area contributed by atoms with Crippen molar-refractivity contribution in [2.45, 2.75) is 34.1 Å². The topological polar surface area (TPSA) is 68.8 Å². The lowest BCUT2D eigenvalue weighted by Crippen LogP contribution is -2.48. The first-order valence-electron chi connectivity index (χ1n) is 9.47. The molecule has 0 aliphatic rings. The lowest BCUT2D eigenvalue weighted by Gasteiger charge is -2.25. The molecule has 0 aromatic heterocycles. The van der Waals surface area contributed by atoms with E-state index in [1.165, 1.54) is 5.69 Å². The van der Waals surface area contributed by atoms with Crippen LogP contribution in [0.4, 0.5) is 5.69 Å². The highest BCUT2D eigenvalue weighted by atomic mass is 127. The van der Waals surface area contributed by atoms with Crippen LogP contribution in [-0.4, -0.2) is 51.6 Å². The number of benzene rings is 1. The summed E-state index contributed by atoms with van der Waals surface area (Å²) in [4.78, 5) is 18.6. The summed E-state index contributed by atoms with van der Waals surface area (Å²) in [5.74, 6) is 0.773. The Bertz CT molecular complexity index is 563. The summed E-state index contributed by atoms with van der Waals surface area (Å²) >= 11 is 0. The Hall–Kier alpha value is -1.51. The number of halogens is 1. The summed E-state index contributed by atoms with van der Waals surface area (Å²) in [6, 6.07) is 10.5. The Morgan fingerprint density at radius 3 is 2.33 bits per heavy atom. The van der Waals surface area contributed by atoms with Gasteiger partial charge in [-0.15, -0.1) is 24.0 Å². The van der Waals surface area contributed by atoms with Gasteiger partial charge in [0.2, 0.25) is 5.91 Å². The molecular formula is C20H36IN5O. The molecule has 1 rings (SSSR count). The summed E-state index contributed by atoms with van der Waals surface area (Å²) in [5.41, 5.74) is 0.765. The number of nitrogens with one attached hydrogen (secondary N) is 3. The third-order valence-corrected chi connectivity index (χ3v) is 4.27. The second kappa shape index (κ2) is 13.6. The van der Waals surface area contributed by atoms with Crippen LogP contribution in [0.15, 0.2) is 35.3 Å². The summed E-state index contributed by atoms with van der Waals surface area (Å²) in [5, 5.41) is 9.44. The van der Waals surface area contributed by atoms with Crippen molar-refractivity contribution in [2.24, 2.45) is 10.4 Å². The fourth-order valence-corrected chi connectivity index (χ4v) is 2.59. The Balaban J connectivity index is 0.00000676. The number of guanidine groups is 1. The largest absolute Gasteiger partial charge is 0.372 e. The number of anilines is 1. The van der Waals surface area contributed by atoms with Gasteiger partial charge in [-0.3, -0.25) is 9.79 Å².